The summed E-state index contributed by atoms with van der Waals surface area (Å²) in [5.41, 5.74) is 6.86. The number of nitrogens with one attached hydrogen (secondary N) is 1. The molecule has 1 fully saturated rings. The molecule has 22 heavy (non-hydrogen) atoms. The molecule has 3 N–H and O–H groups in total. The molecule has 4 heterocycles. The Morgan fingerprint density at radius 3 is 3.14 bits per heavy atom. The molecule has 3 aromatic heterocycles. The van der Waals surface area contributed by atoms with E-state index < -0.39 is 6.04 Å². The monoisotopic (exact) mass is 296 g/mol. The predicted molar refractivity (Wildman–Crippen MR) is 80.8 cm³/mol. The molecule has 3 aromatic rings. The Labute approximate surface area is 125 Å². The summed E-state index contributed by atoms with van der Waals surface area (Å²) >= 11 is 0. The van der Waals surface area contributed by atoms with E-state index in [1.165, 1.54) is 0 Å². The summed E-state index contributed by atoms with van der Waals surface area (Å²) in [6.45, 7) is 0.701. The molecule has 0 saturated carbocycles. The molecule has 1 radical (unpaired) electrons. The number of hydrogen-bond acceptors (Lipinski definition) is 6. The zero-order valence-electron chi connectivity index (χ0n) is 11.7. The molecule has 1 atom stereocenters. The van der Waals surface area contributed by atoms with Crippen molar-refractivity contribution in [3.05, 3.63) is 24.9 Å². The van der Waals surface area contributed by atoms with Crippen molar-refractivity contribution in [3.8, 4) is 0 Å². The van der Waals surface area contributed by atoms with Gasteiger partial charge in [-0.1, -0.05) is 0 Å². The van der Waals surface area contributed by atoms with Gasteiger partial charge in [-0.2, -0.15) is 5.10 Å². The van der Waals surface area contributed by atoms with Gasteiger partial charge in [0.05, 0.1) is 11.6 Å². The minimum absolute atomic E-state index is 0.383. The number of amides is 1. The number of rotatable bonds is 2. The topological polar surface area (TPSA) is 114 Å². The highest BCUT2D eigenvalue weighted by Gasteiger charge is 2.30. The van der Waals surface area contributed by atoms with Gasteiger partial charge in [0.2, 0.25) is 5.91 Å². The van der Waals surface area contributed by atoms with Crippen LogP contribution in [0.15, 0.2) is 18.5 Å². The minimum Gasteiger partial charge on any atom is -0.368 e. The molecule has 1 amide bonds. The summed E-state index contributed by atoms with van der Waals surface area (Å²) in [4.78, 5) is 16.7. The maximum atomic E-state index is 11.8. The zero-order valence-corrected chi connectivity index (χ0v) is 11.7. The normalized spacial score (nSPS) is 18.9. The molecule has 8 nitrogen and oxygen atoms in total. The van der Waals surface area contributed by atoms with Crippen LogP contribution in [0.3, 0.4) is 0 Å². The lowest BCUT2D eigenvalue weighted by atomic mass is 10.0. The average molecular weight is 296 g/mol. The first kappa shape index (κ1) is 12.9. The van der Waals surface area contributed by atoms with Gasteiger partial charge in [-0.25, -0.2) is 0 Å². The van der Waals surface area contributed by atoms with Crippen LogP contribution in [0.25, 0.3) is 21.9 Å². The Morgan fingerprint density at radius 2 is 2.27 bits per heavy atom. The molecule has 111 valence electrons. The van der Waals surface area contributed by atoms with Crippen molar-refractivity contribution in [2.24, 2.45) is 5.73 Å². The zero-order chi connectivity index (χ0) is 15.1. The van der Waals surface area contributed by atoms with Crippen LogP contribution in [-0.4, -0.2) is 43.9 Å². The number of carbonyl (C=O) groups excluding carboxylic acids is 1. The van der Waals surface area contributed by atoms with Crippen LogP contribution in [-0.2, 0) is 4.79 Å². The molecule has 8 heteroatoms. The number of aromatic nitrogens is 5. The van der Waals surface area contributed by atoms with Gasteiger partial charge >= 0.3 is 0 Å². The second-order valence-electron chi connectivity index (χ2n) is 5.29. The number of fused-ring (bicyclic) bond motifs is 3. The number of nitrogens with two attached hydrogens (primary N) is 1. The number of carbonyl (C=O) groups is 1. The van der Waals surface area contributed by atoms with Crippen molar-refractivity contribution in [3.63, 3.8) is 0 Å². The van der Waals surface area contributed by atoms with E-state index in [0.717, 1.165) is 23.6 Å². The maximum absolute atomic E-state index is 11.8. The van der Waals surface area contributed by atoms with Gasteiger partial charge in [0.15, 0.2) is 11.5 Å². The number of nitrogens with zero attached hydrogens (tertiary/aromatic N) is 5. The summed E-state index contributed by atoms with van der Waals surface area (Å²) in [6.07, 6.45) is 7.11. The van der Waals surface area contributed by atoms with Gasteiger partial charge in [0.1, 0.15) is 11.6 Å². The molecular formula is C14H14N7O. The third-order valence-electron chi connectivity index (χ3n) is 3.96. The SMILES string of the molecule is NC(=O)C1[CH]CCCN1c1nncc2nnc3[nH]ccc3c12. The van der Waals surface area contributed by atoms with Crippen LogP contribution >= 0.6 is 0 Å². The fourth-order valence-corrected chi connectivity index (χ4v) is 2.96. The van der Waals surface area contributed by atoms with E-state index in [2.05, 4.69) is 25.4 Å². The first-order chi connectivity index (χ1) is 10.8. The molecule has 1 aliphatic heterocycles. The molecule has 0 aliphatic carbocycles. The molecule has 1 saturated heterocycles. The quantitative estimate of drug-likeness (QED) is 0.714. The predicted octanol–water partition coefficient (Wildman–Crippen LogP) is 0.559. The van der Waals surface area contributed by atoms with Gasteiger partial charge in [-0.05, 0) is 25.3 Å². The van der Waals surface area contributed by atoms with E-state index in [4.69, 9.17) is 5.73 Å². The third kappa shape index (κ3) is 1.87. The second-order valence-corrected chi connectivity index (χ2v) is 5.29. The van der Waals surface area contributed by atoms with E-state index in [1.54, 1.807) is 12.4 Å². The molecule has 1 unspecified atom stereocenters. The molecule has 1 aliphatic rings. The molecule has 4 rings (SSSR count). The highest BCUT2D eigenvalue weighted by molar-refractivity contribution is 6.09. The summed E-state index contributed by atoms with van der Waals surface area (Å²) in [6, 6.07) is 1.44. The number of H-pyrrole nitrogens is 1. The van der Waals surface area contributed by atoms with Crippen molar-refractivity contribution >= 4 is 33.7 Å². The number of aromatic amines is 1. The van der Waals surface area contributed by atoms with Crippen LogP contribution in [0.4, 0.5) is 5.82 Å². The van der Waals surface area contributed by atoms with Crippen LogP contribution in [0, 0.1) is 6.42 Å². The Bertz CT molecular complexity index is 859. The largest absolute Gasteiger partial charge is 0.368 e. The van der Waals surface area contributed by atoms with E-state index in [9.17, 15) is 4.79 Å². The standard InChI is InChI=1S/C14H14N7O/c15-12(22)10-3-1-2-6-21(10)14-11-8-4-5-16-13(8)19-18-9(11)7-17-20-14/h3-5,7,10H,1-2,6H2,(H2,15,22)(H,16,19). The molecular weight excluding hydrogens is 282 g/mol. The first-order valence-corrected chi connectivity index (χ1v) is 7.10. The van der Waals surface area contributed by atoms with Crippen molar-refractivity contribution < 1.29 is 4.79 Å². The van der Waals surface area contributed by atoms with Gasteiger partial charge in [0, 0.05) is 18.1 Å². The van der Waals surface area contributed by atoms with Crippen molar-refractivity contribution in [1.29, 1.82) is 0 Å². The fraction of sp³-hybridized carbons (Fsp3) is 0.286. The second kappa shape index (κ2) is 4.90. The Morgan fingerprint density at radius 1 is 1.36 bits per heavy atom. The summed E-state index contributed by atoms with van der Waals surface area (Å²) < 4.78 is 0. The molecule has 0 bridgehead atoms. The summed E-state index contributed by atoms with van der Waals surface area (Å²) in [5.74, 6) is 0.239. The van der Waals surface area contributed by atoms with Crippen LogP contribution in [0.5, 0.6) is 0 Å². The molecule has 0 aromatic carbocycles. The number of anilines is 1. The number of hydrogen-bond donors (Lipinski definition) is 2. The van der Waals surface area contributed by atoms with E-state index in [-0.39, 0.29) is 5.91 Å². The lowest BCUT2D eigenvalue weighted by Crippen LogP contribution is -2.48. The number of piperidine rings is 1. The van der Waals surface area contributed by atoms with Crippen molar-refractivity contribution in [2.45, 2.75) is 18.9 Å². The fourth-order valence-electron chi connectivity index (χ4n) is 2.96. The van der Waals surface area contributed by atoms with E-state index in [0.29, 0.717) is 23.5 Å². The van der Waals surface area contributed by atoms with Gasteiger partial charge in [-0.3, -0.25) is 4.79 Å². The average Bonchev–Trinajstić information content (AvgIpc) is 3.03. The summed E-state index contributed by atoms with van der Waals surface area (Å²) in [7, 11) is 0. The Hall–Kier alpha value is -2.77. The maximum Gasteiger partial charge on any atom is 0.240 e. The van der Waals surface area contributed by atoms with E-state index in [1.807, 2.05) is 17.4 Å². The minimum atomic E-state index is -0.476. The van der Waals surface area contributed by atoms with Gasteiger partial charge < -0.3 is 15.6 Å². The van der Waals surface area contributed by atoms with Crippen molar-refractivity contribution in [1.82, 2.24) is 25.4 Å². The van der Waals surface area contributed by atoms with Gasteiger partial charge in [0.25, 0.3) is 0 Å². The Kier molecular flexibility index (Phi) is 2.88. The van der Waals surface area contributed by atoms with Crippen LogP contribution in [0.2, 0.25) is 0 Å². The summed E-state index contributed by atoms with van der Waals surface area (Å²) in [5, 5.41) is 18.3. The van der Waals surface area contributed by atoms with Crippen molar-refractivity contribution in [2.75, 3.05) is 11.4 Å². The van der Waals surface area contributed by atoms with Crippen LogP contribution < -0.4 is 10.6 Å². The van der Waals surface area contributed by atoms with E-state index >= 15 is 0 Å². The highest BCUT2D eigenvalue weighted by atomic mass is 16.1. The number of primary amides is 1. The Balaban J connectivity index is 1.97. The lowest BCUT2D eigenvalue weighted by molar-refractivity contribution is -0.118. The highest BCUT2D eigenvalue weighted by Crippen LogP contribution is 2.31. The first-order valence-electron chi connectivity index (χ1n) is 7.10. The third-order valence-corrected chi connectivity index (χ3v) is 3.96. The van der Waals surface area contributed by atoms with Gasteiger partial charge in [-0.15, -0.1) is 15.3 Å². The molecule has 0 spiro atoms. The van der Waals surface area contributed by atoms with Crippen LogP contribution in [0.1, 0.15) is 12.8 Å². The smallest absolute Gasteiger partial charge is 0.240 e. The lowest BCUT2D eigenvalue weighted by Gasteiger charge is -2.34.